The second-order valence-corrected chi connectivity index (χ2v) is 5.85. The first-order valence-electron chi connectivity index (χ1n) is 7.54. The van der Waals surface area contributed by atoms with Gasteiger partial charge in [0.15, 0.2) is 0 Å². The van der Waals surface area contributed by atoms with Gasteiger partial charge in [0.05, 0.1) is 0 Å². The molecule has 0 fully saturated rings. The average Bonchev–Trinajstić information content (AvgIpc) is 2.56. The molecule has 0 aromatic heterocycles. The molecule has 0 amide bonds. The van der Waals surface area contributed by atoms with Gasteiger partial charge < -0.3 is 21.7 Å². The molecule has 6 nitrogen and oxygen atoms in total. The lowest BCUT2D eigenvalue weighted by Crippen LogP contribution is -2.32. The van der Waals surface area contributed by atoms with Crippen molar-refractivity contribution in [3.8, 4) is 0 Å². The van der Waals surface area contributed by atoms with E-state index in [1.165, 1.54) is 0 Å². The predicted molar refractivity (Wildman–Crippen MR) is 96.5 cm³/mol. The van der Waals surface area contributed by atoms with Crippen molar-refractivity contribution in [3.05, 3.63) is 70.7 Å². The number of hydrogen-bond acceptors (Lipinski definition) is 4. The third-order valence-corrected chi connectivity index (χ3v) is 3.51. The van der Waals surface area contributed by atoms with Gasteiger partial charge in [-0.05, 0) is 36.1 Å². The van der Waals surface area contributed by atoms with Gasteiger partial charge in [-0.1, -0.05) is 54.1 Å². The molecule has 6 N–H and O–H groups in total. The molecule has 2 atom stereocenters. The highest BCUT2D eigenvalue weighted by Crippen LogP contribution is 2.11. The van der Waals surface area contributed by atoms with Crippen LogP contribution in [0.4, 0.5) is 0 Å². The molecular formula is C18H21ClN2O4. The van der Waals surface area contributed by atoms with Gasteiger partial charge in [0.25, 0.3) is 0 Å². The highest BCUT2D eigenvalue weighted by atomic mass is 35.5. The lowest BCUT2D eigenvalue weighted by Gasteiger charge is -2.05. The van der Waals surface area contributed by atoms with E-state index >= 15 is 0 Å². The number of benzene rings is 2. The highest BCUT2D eigenvalue weighted by Gasteiger charge is 2.12. The van der Waals surface area contributed by atoms with Crippen molar-refractivity contribution in [2.75, 3.05) is 0 Å². The Morgan fingerprint density at radius 3 is 1.80 bits per heavy atom. The Kier molecular flexibility index (Phi) is 8.63. The number of halogens is 1. The molecule has 0 aliphatic heterocycles. The van der Waals surface area contributed by atoms with E-state index in [9.17, 15) is 9.59 Å². The Morgan fingerprint density at radius 2 is 1.32 bits per heavy atom. The minimum atomic E-state index is -1.00. The summed E-state index contributed by atoms with van der Waals surface area (Å²) in [6.07, 6.45) is 0.687. The summed E-state index contributed by atoms with van der Waals surface area (Å²) in [5, 5.41) is 17.7. The normalized spacial score (nSPS) is 12.4. The van der Waals surface area contributed by atoms with Crippen molar-refractivity contribution in [2.45, 2.75) is 24.9 Å². The van der Waals surface area contributed by atoms with Gasteiger partial charge in [0.1, 0.15) is 12.1 Å². The fraction of sp³-hybridized carbons (Fsp3) is 0.222. The van der Waals surface area contributed by atoms with E-state index in [-0.39, 0.29) is 0 Å². The Bertz CT molecular complexity index is 694. The summed E-state index contributed by atoms with van der Waals surface area (Å²) in [6, 6.07) is 14.7. The van der Waals surface area contributed by atoms with Crippen molar-refractivity contribution < 1.29 is 19.8 Å². The van der Waals surface area contributed by atoms with Crippen LogP contribution in [0.5, 0.6) is 0 Å². The zero-order chi connectivity index (χ0) is 18.8. The number of aliphatic carboxylic acids is 2. The lowest BCUT2D eigenvalue weighted by atomic mass is 10.1. The number of nitrogens with two attached hydrogens (primary N) is 2. The molecule has 0 aliphatic carbocycles. The van der Waals surface area contributed by atoms with Crippen molar-refractivity contribution in [1.82, 2.24) is 0 Å². The zero-order valence-electron chi connectivity index (χ0n) is 13.5. The standard InChI is InChI=1S/C9H10ClNO2.C9H11NO2/c10-7-3-1-2-6(4-7)5-8(11)9(12)13;10-8(9(11)12)6-7-4-2-1-3-5-7/h1-4,8H,5,11H2,(H,12,13);1-5,8H,6,10H2,(H,11,12). The molecule has 0 spiro atoms. The molecule has 134 valence electrons. The first kappa shape index (κ1) is 20.6. The van der Waals surface area contributed by atoms with Crippen LogP contribution >= 0.6 is 11.6 Å². The second kappa shape index (κ2) is 10.5. The topological polar surface area (TPSA) is 127 Å². The van der Waals surface area contributed by atoms with Gasteiger partial charge in [-0.15, -0.1) is 0 Å². The largest absolute Gasteiger partial charge is 0.480 e. The van der Waals surface area contributed by atoms with E-state index in [0.717, 1.165) is 11.1 Å². The van der Waals surface area contributed by atoms with E-state index in [2.05, 4.69) is 0 Å². The molecule has 2 rings (SSSR count). The van der Waals surface area contributed by atoms with Crippen LogP contribution in [0.2, 0.25) is 5.02 Å². The van der Waals surface area contributed by atoms with Gasteiger partial charge in [-0.25, -0.2) is 0 Å². The quantitative estimate of drug-likeness (QED) is 0.620. The van der Waals surface area contributed by atoms with Crippen LogP contribution in [-0.2, 0) is 22.4 Å². The molecule has 25 heavy (non-hydrogen) atoms. The van der Waals surface area contributed by atoms with Crippen molar-refractivity contribution in [3.63, 3.8) is 0 Å². The van der Waals surface area contributed by atoms with Crippen molar-refractivity contribution >= 4 is 23.5 Å². The van der Waals surface area contributed by atoms with Crippen LogP contribution in [0.25, 0.3) is 0 Å². The monoisotopic (exact) mass is 364 g/mol. The molecule has 2 unspecified atom stereocenters. The van der Waals surface area contributed by atoms with Gasteiger partial charge in [0.2, 0.25) is 0 Å². The summed E-state index contributed by atoms with van der Waals surface area (Å²) in [5.74, 6) is -1.96. The maximum absolute atomic E-state index is 10.4. The molecular weight excluding hydrogens is 344 g/mol. The molecule has 0 radical (unpaired) electrons. The number of hydrogen-bond donors (Lipinski definition) is 4. The van der Waals surface area contributed by atoms with Crippen LogP contribution in [-0.4, -0.2) is 34.2 Å². The average molecular weight is 365 g/mol. The summed E-state index contributed by atoms with van der Waals surface area (Å²) in [5.41, 5.74) is 12.5. The van der Waals surface area contributed by atoms with Crippen molar-refractivity contribution in [1.29, 1.82) is 0 Å². The van der Waals surface area contributed by atoms with Crippen LogP contribution in [0, 0.1) is 0 Å². The van der Waals surface area contributed by atoms with Gasteiger partial charge in [-0.2, -0.15) is 0 Å². The summed E-state index contributed by atoms with van der Waals surface area (Å²) in [6.45, 7) is 0. The zero-order valence-corrected chi connectivity index (χ0v) is 14.3. The minimum absolute atomic E-state index is 0.301. The van der Waals surface area contributed by atoms with E-state index in [0.29, 0.717) is 17.9 Å². The minimum Gasteiger partial charge on any atom is -0.480 e. The molecule has 2 aromatic carbocycles. The van der Waals surface area contributed by atoms with E-state index in [1.807, 2.05) is 30.3 Å². The molecule has 7 heteroatoms. The highest BCUT2D eigenvalue weighted by molar-refractivity contribution is 6.30. The maximum Gasteiger partial charge on any atom is 0.320 e. The van der Waals surface area contributed by atoms with E-state index in [1.54, 1.807) is 24.3 Å². The maximum atomic E-state index is 10.4. The SMILES string of the molecule is NC(Cc1cccc(Cl)c1)C(=O)O.NC(Cc1ccccc1)C(=O)O. The first-order chi connectivity index (χ1) is 11.8. The van der Waals surface area contributed by atoms with E-state index in [4.69, 9.17) is 33.3 Å². The van der Waals surface area contributed by atoms with Crippen LogP contribution in [0.1, 0.15) is 11.1 Å². The third kappa shape index (κ3) is 8.30. The summed E-state index contributed by atoms with van der Waals surface area (Å²) in [7, 11) is 0. The Hall–Kier alpha value is -2.41. The van der Waals surface area contributed by atoms with E-state index < -0.39 is 24.0 Å². The second-order valence-electron chi connectivity index (χ2n) is 5.41. The Morgan fingerprint density at radius 1 is 0.840 bits per heavy atom. The number of carbonyl (C=O) groups is 2. The molecule has 0 aliphatic rings. The van der Waals surface area contributed by atoms with Gasteiger partial charge >= 0.3 is 11.9 Å². The summed E-state index contributed by atoms with van der Waals surface area (Å²) in [4.78, 5) is 20.8. The van der Waals surface area contributed by atoms with Gasteiger partial charge in [0, 0.05) is 5.02 Å². The molecule has 0 saturated heterocycles. The van der Waals surface area contributed by atoms with Crippen LogP contribution in [0.15, 0.2) is 54.6 Å². The molecule has 0 heterocycles. The van der Waals surface area contributed by atoms with Gasteiger partial charge in [-0.3, -0.25) is 9.59 Å². The Balaban J connectivity index is 0.000000251. The predicted octanol–water partition coefficient (Wildman–Crippen LogP) is 1.94. The summed E-state index contributed by atoms with van der Waals surface area (Å²) < 4.78 is 0. The number of carboxylic acid groups (broad SMARTS) is 2. The fourth-order valence-corrected chi connectivity index (χ4v) is 2.17. The smallest absolute Gasteiger partial charge is 0.320 e. The first-order valence-corrected chi connectivity index (χ1v) is 7.92. The molecule has 2 aromatic rings. The van der Waals surface area contributed by atoms with Crippen LogP contribution in [0.3, 0.4) is 0 Å². The fourth-order valence-electron chi connectivity index (χ4n) is 1.96. The lowest BCUT2D eigenvalue weighted by molar-refractivity contribution is -0.139. The Labute approximate surface area is 151 Å². The summed E-state index contributed by atoms with van der Waals surface area (Å²) >= 11 is 5.72. The molecule has 0 bridgehead atoms. The van der Waals surface area contributed by atoms with Crippen molar-refractivity contribution in [2.24, 2.45) is 11.5 Å². The number of rotatable bonds is 6. The number of carboxylic acids is 2. The third-order valence-electron chi connectivity index (χ3n) is 3.28. The van der Waals surface area contributed by atoms with Crippen LogP contribution < -0.4 is 11.5 Å². The molecule has 0 saturated carbocycles.